The van der Waals surface area contributed by atoms with Crippen LogP contribution < -0.4 is 10.4 Å². The third kappa shape index (κ3) is 6.87. The van der Waals surface area contributed by atoms with Gasteiger partial charge in [-0.15, -0.1) is 0 Å². The van der Waals surface area contributed by atoms with Gasteiger partial charge in [0.25, 0.3) is 0 Å². The Morgan fingerprint density at radius 2 is 1.58 bits per heavy atom. The van der Waals surface area contributed by atoms with Gasteiger partial charge in [-0.2, -0.15) is 0 Å². The number of benzene rings is 1. The number of hydrogen-bond acceptors (Lipinski definition) is 2. The molecule has 1 aromatic carbocycles. The number of allylic oxidation sites excluding steroid dienone is 1. The second-order valence-electron chi connectivity index (χ2n) is 4.85. The van der Waals surface area contributed by atoms with Gasteiger partial charge < -0.3 is 9.47 Å². The van der Waals surface area contributed by atoms with Gasteiger partial charge in [0, 0.05) is 13.2 Å². The van der Waals surface area contributed by atoms with Crippen LogP contribution in [-0.2, 0) is 9.47 Å². The van der Waals surface area contributed by atoms with E-state index in [-0.39, 0.29) is 15.4 Å². The molecule has 0 aromatic heterocycles. The van der Waals surface area contributed by atoms with E-state index in [4.69, 9.17) is 9.47 Å². The first-order chi connectivity index (χ1) is 9.15. The van der Waals surface area contributed by atoms with E-state index >= 15 is 0 Å². The van der Waals surface area contributed by atoms with Crippen molar-refractivity contribution in [3.8, 4) is 0 Å². The van der Waals surface area contributed by atoms with Gasteiger partial charge in [0.15, 0.2) is 0 Å². The zero-order valence-corrected chi connectivity index (χ0v) is 15.4. The Hall–Kier alpha value is -0.686. The molecule has 0 heterocycles. The van der Waals surface area contributed by atoms with Crippen molar-refractivity contribution in [1.29, 1.82) is 0 Å². The second-order valence-corrected chi connectivity index (χ2v) is 8.37. The molecule has 106 valence electrons. The first kappa shape index (κ1) is 16.4. The van der Waals surface area contributed by atoms with Crippen LogP contribution in [0.5, 0.6) is 0 Å². The molecule has 4 heteroatoms. The Balaban J connectivity index is 2.57. The normalized spacial score (nSPS) is 12.1. The van der Waals surface area contributed by atoms with Crippen molar-refractivity contribution in [1.82, 2.24) is 0 Å². The van der Waals surface area contributed by atoms with Gasteiger partial charge >= 0.3 is 0 Å². The lowest BCUT2D eigenvalue weighted by molar-refractivity contribution is -0.0817. The van der Waals surface area contributed by atoms with Crippen LogP contribution in [0.25, 0.3) is 0 Å². The molecule has 0 aliphatic rings. The van der Waals surface area contributed by atoms with Crippen molar-refractivity contribution < 1.29 is 9.47 Å². The van der Waals surface area contributed by atoms with Gasteiger partial charge in [-0.05, 0) is 27.7 Å². The Morgan fingerprint density at radius 3 is 2.05 bits per heavy atom. The Labute approximate surface area is 121 Å². The van der Waals surface area contributed by atoms with Crippen LogP contribution in [0.4, 0.5) is 0 Å². The van der Waals surface area contributed by atoms with Crippen molar-refractivity contribution in [2.45, 2.75) is 33.6 Å². The molecular formula is C15H26O2Si2. The van der Waals surface area contributed by atoms with E-state index < -0.39 is 9.52 Å². The average molecular weight is 295 g/mol. The van der Waals surface area contributed by atoms with E-state index in [1.165, 1.54) is 15.9 Å². The van der Waals surface area contributed by atoms with E-state index in [0.29, 0.717) is 0 Å². The summed E-state index contributed by atoms with van der Waals surface area (Å²) in [5, 5.41) is 2.92. The van der Waals surface area contributed by atoms with Gasteiger partial charge in [0.05, 0.1) is 9.52 Å². The topological polar surface area (TPSA) is 18.5 Å². The van der Waals surface area contributed by atoms with Gasteiger partial charge in [-0.1, -0.05) is 45.9 Å². The maximum Gasteiger partial charge on any atom is 0.139 e. The van der Waals surface area contributed by atoms with Crippen LogP contribution in [0.15, 0.2) is 35.5 Å². The lowest BCUT2D eigenvalue weighted by Gasteiger charge is -2.16. The summed E-state index contributed by atoms with van der Waals surface area (Å²) in [6.45, 7) is 9.83. The summed E-state index contributed by atoms with van der Waals surface area (Å²) in [4.78, 5) is 0. The van der Waals surface area contributed by atoms with Crippen LogP contribution in [0.2, 0.25) is 0 Å². The minimum atomic E-state index is -0.509. The summed E-state index contributed by atoms with van der Waals surface area (Å²) in [6.07, 6.45) is 0. The molecule has 0 unspecified atom stereocenters. The Bertz CT molecular complexity index is 378. The number of hydrogen-bond donors (Lipinski definition) is 0. The highest BCUT2D eigenvalue weighted by atomic mass is 28.2. The van der Waals surface area contributed by atoms with Gasteiger partial charge in [-0.25, -0.2) is 0 Å². The third-order valence-corrected chi connectivity index (χ3v) is 6.59. The van der Waals surface area contributed by atoms with E-state index in [1.807, 2.05) is 13.8 Å². The summed E-state index contributed by atoms with van der Waals surface area (Å²) >= 11 is 0. The quantitative estimate of drug-likeness (QED) is 0.515. The van der Waals surface area contributed by atoms with E-state index in [1.54, 1.807) is 0 Å². The standard InChI is InChI=1S/C15H26O2Si2/c1-5-16-15(17-6-2)19-14-9-7-13(8-10-14)18-11-12(3)4/h7-11,15H,5-6,18-19H2,1-4H3. The molecule has 0 amide bonds. The molecule has 0 saturated carbocycles. The van der Waals surface area contributed by atoms with Crippen molar-refractivity contribution in [2.75, 3.05) is 13.2 Å². The highest BCUT2D eigenvalue weighted by Crippen LogP contribution is 1.94. The largest absolute Gasteiger partial charge is 0.357 e. The lowest BCUT2D eigenvalue weighted by Crippen LogP contribution is -2.33. The summed E-state index contributed by atoms with van der Waals surface area (Å²) < 4.78 is 11.3. The fraction of sp³-hybridized carbons (Fsp3) is 0.467. The van der Waals surface area contributed by atoms with Crippen molar-refractivity contribution in [2.24, 2.45) is 0 Å². The second kappa shape index (κ2) is 9.25. The van der Waals surface area contributed by atoms with Gasteiger partial charge in [0.1, 0.15) is 15.4 Å². The SMILES string of the molecule is CCOC(OCC)[SiH2]c1ccc([SiH2]C=C(C)C)cc1. The molecule has 1 aromatic rings. The fourth-order valence-corrected chi connectivity index (χ4v) is 4.62. The van der Waals surface area contributed by atoms with Gasteiger partial charge in [-0.3, -0.25) is 0 Å². The molecule has 2 nitrogen and oxygen atoms in total. The van der Waals surface area contributed by atoms with Crippen molar-refractivity contribution in [3.63, 3.8) is 0 Å². The summed E-state index contributed by atoms with van der Waals surface area (Å²) in [5.41, 5.74) is 3.83. The molecular weight excluding hydrogens is 268 g/mol. The molecule has 19 heavy (non-hydrogen) atoms. The molecule has 1 rings (SSSR count). The predicted octanol–water partition coefficient (Wildman–Crippen LogP) is 0.555. The van der Waals surface area contributed by atoms with Crippen LogP contribution in [0, 0.1) is 0 Å². The Morgan fingerprint density at radius 1 is 1.05 bits per heavy atom. The summed E-state index contributed by atoms with van der Waals surface area (Å²) in [5.74, 6) is 0.0240. The van der Waals surface area contributed by atoms with Crippen molar-refractivity contribution >= 4 is 29.4 Å². The molecule has 0 aliphatic carbocycles. The molecule has 0 bridgehead atoms. The highest BCUT2D eigenvalue weighted by Gasteiger charge is 2.09. The van der Waals surface area contributed by atoms with E-state index in [2.05, 4.69) is 43.8 Å². The highest BCUT2D eigenvalue weighted by molar-refractivity contribution is 6.59. The number of ether oxygens (including phenoxy) is 2. The number of rotatable bonds is 8. The first-order valence-corrected chi connectivity index (χ1v) is 10.1. The van der Waals surface area contributed by atoms with Crippen LogP contribution in [0.1, 0.15) is 27.7 Å². The van der Waals surface area contributed by atoms with Crippen LogP contribution in [0.3, 0.4) is 0 Å². The monoisotopic (exact) mass is 294 g/mol. The molecule has 0 N–H and O–H groups in total. The minimum absolute atomic E-state index is 0.0240. The molecule has 0 fully saturated rings. The molecule has 0 radical (unpaired) electrons. The van der Waals surface area contributed by atoms with Crippen LogP contribution >= 0.6 is 0 Å². The maximum absolute atomic E-state index is 5.63. The molecule has 0 spiro atoms. The third-order valence-electron chi connectivity index (χ3n) is 2.88. The zero-order chi connectivity index (χ0) is 14.1. The Kier molecular flexibility index (Phi) is 7.97. The minimum Gasteiger partial charge on any atom is -0.357 e. The van der Waals surface area contributed by atoms with E-state index in [9.17, 15) is 0 Å². The smallest absolute Gasteiger partial charge is 0.139 e. The maximum atomic E-state index is 5.63. The molecule has 0 aliphatic heterocycles. The molecule has 0 saturated heterocycles. The average Bonchev–Trinajstić information content (AvgIpc) is 2.38. The fourth-order valence-electron chi connectivity index (χ4n) is 1.86. The summed E-state index contributed by atoms with van der Waals surface area (Å²) in [6, 6.07) is 9.09. The predicted molar refractivity (Wildman–Crippen MR) is 89.3 cm³/mol. The molecule has 0 atom stereocenters. The summed E-state index contributed by atoms with van der Waals surface area (Å²) in [7, 11) is -0.740. The van der Waals surface area contributed by atoms with Crippen LogP contribution in [-0.4, -0.2) is 38.2 Å². The first-order valence-electron chi connectivity index (χ1n) is 7.10. The lowest BCUT2D eigenvalue weighted by atomic mass is 10.4. The zero-order valence-electron chi connectivity index (χ0n) is 12.6. The van der Waals surface area contributed by atoms with E-state index in [0.717, 1.165) is 13.2 Å². The van der Waals surface area contributed by atoms with Gasteiger partial charge in [0.2, 0.25) is 0 Å². The van der Waals surface area contributed by atoms with Crippen molar-refractivity contribution in [3.05, 3.63) is 35.5 Å².